The van der Waals surface area contributed by atoms with E-state index in [1.807, 2.05) is 0 Å². The van der Waals surface area contributed by atoms with Gasteiger partial charge in [0.15, 0.2) is 0 Å². The summed E-state index contributed by atoms with van der Waals surface area (Å²) in [6, 6.07) is -0.0145. The molecule has 1 aliphatic carbocycles. The van der Waals surface area contributed by atoms with Crippen LogP contribution in [-0.2, 0) is 9.53 Å². The SMILES string of the molecule is NC(CC(=O)NCC1(O)CCOCC1)C1CC1. The van der Waals surface area contributed by atoms with Gasteiger partial charge in [-0.25, -0.2) is 0 Å². The van der Waals surface area contributed by atoms with Crippen LogP contribution in [0.3, 0.4) is 0 Å². The molecule has 98 valence electrons. The summed E-state index contributed by atoms with van der Waals surface area (Å²) in [7, 11) is 0. The Hall–Kier alpha value is -0.650. The summed E-state index contributed by atoms with van der Waals surface area (Å²) in [5.41, 5.74) is 5.08. The van der Waals surface area contributed by atoms with E-state index in [0.717, 1.165) is 12.8 Å². The maximum atomic E-state index is 11.6. The maximum absolute atomic E-state index is 11.6. The van der Waals surface area contributed by atoms with Crippen molar-refractivity contribution in [3.63, 3.8) is 0 Å². The summed E-state index contributed by atoms with van der Waals surface area (Å²) in [4.78, 5) is 11.6. The highest BCUT2D eigenvalue weighted by Crippen LogP contribution is 2.32. The molecule has 1 saturated heterocycles. The fourth-order valence-electron chi connectivity index (χ4n) is 2.17. The third kappa shape index (κ3) is 3.94. The normalized spacial score (nSPS) is 25.3. The van der Waals surface area contributed by atoms with E-state index in [-0.39, 0.29) is 11.9 Å². The molecule has 1 aliphatic heterocycles. The molecule has 2 fully saturated rings. The van der Waals surface area contributed by atoms with Gasteiger partial charge in [-0.1, -0.05) is 0 Å². The van der Waals surface area contributed by atoms with Crippen LogP contribution in [0.1, 0.15) is 32.1 Å². The summed E-state index contributed by atoms with van der Waals surface area (Å²) in [6.45, 7) is 1.44. The van der Waals surface area contributed by atoms with Gasteiger partial charge in [0.05, 0.1) is 5.60 Å². The molecular weight excluding hydrogens is 220 g/mol. The Bertz CT molecular complexity index is 273. The van der Waals surface area contributed by atoms with Crippen LogP contribution in [0.15, 0.2) is 0 Å². The van der Waals surface area contributed by atoms with Crippen LogP contribution >= 0.6 is 0 Å². The Balaban J connectivity index is 1.67. The first-order valence-corrected chi connectivity index (χ1v) is 6.41. The number of nitrogens with two attached hydrogens (primary N) is 1. The Labute approximate surface area is 102 Å². The van der Waals surface area contributed by atoms with Gasteiger partial charge in [-0.3, -0.25) is 4.79 Å². The van der Waals surface area contributed by atoms with Crippen LogP contribution in [0.4, 0.5) is 0 Å². The van der Waals surface area contributed by atoms with Gasteiger partial charge in [-0.05, 0) is 18.8 Å². The highest BCUT2D eigenvalue weighted by Gasteiger charge is 2.32. The lowest BCUT2D eigenvalue weighted by Crippen LogP contribution is -2.47. The molecule has 1 amide bonds. The van der Waals surface area contributed by atoms with Gasteiger partial charge in [-0.2, -0.15) is 0 Å². The van der Waals surface area contributed by atoms with Crippen LogP contribution in [0.25, 0.3) is 0 Å². The lowest BCUT2D eigenvalue weighted by Gasteiger charge is -2.32. The van der Waals surface area contributed by atoms with Gasteiger partial charge in [0.1, 0.15) is 0 Å². The number of carbonyl (C=O) groups excluding carboxylic acids is 1. The topological polar surface area (TPSA) is 84.6 Å². The zero-order valence-electron chi connectivity index (χ0n) is 10.2. The van der Waals surface area contributed by atoms with Crippen LogP contribution in [0.5, 0.6) is 0 Å². The second-order valence-electron chi connectivity index (χ2n) is 5.32. The van der Waals surface area contributed by atoms with Crippen molar-refractivity contribution in [1.82, 2.24) is 5.32 Å². The molecule has 0 bridgehead atoms. The van der Waals surface area contributed by atoms with Crippen molar-refractivity contribution >= 4 is 5.91 Å². The first-order chi connectivity index (χ1) is 8.09. The zero-order valence-corrected chi connectivity index (χ0v) is 10.2. The standard InChI is InChI=1S/C12H22N2O3/c13-10(9-1-2-9)7-11(15)14-8-12(16)3-5-17-6-4-12/h9-10,16H,1-8,13H2,(H,14,15). The molecule has 17 heavy (non-hydrogen) atoms. The summed E-state index contributed by atoms with van der Waals surface area (Å²) in [6.07, 6.45) is 3.84. The van der Waals surface area contributed by atoms with Crippen molar-refractivity contribution in [2.45, 2.75) is 43.7 Å². The van der Waals surface area contributed by atoms with Crippen molar-refractivity contribution < 1.29 is 14.6 Å². The summed E-state index contributed by atoms with van der Waals surface area (Å²) in [5.74, 6) is 0.483. The molecule has 2 rings (SSSR count). The van der Waals surface area contributed by atoms with Crippen molar-refractivity contribution in [1.29, 1.82) is 0 Å². The number of amides is 1. The summed E-state index contributed by atoms with van der Waals surface area (Å²) in [5, 5.41) is 12.9. The van der Waals surface area contributed by atoms with Gasteiger partial charge in [-0.15, -0.1) is 0 Å². The highest BCUT2D eigenvalue weighted by molar-refractivity contribution is 5.76. The average Bonchev–Trinajstić information content (AvgIpc) is 3.11. The smallest absolute Gasteiger partial charge is 0.221 e. The van der Waals surface area contributed by atoms with Crippen LogP contribution in [-0.4, -0.2) is 42.4 Å². The van der Waals surface area contributed by atoms with Gasteiger partial charge in [0.25, 0.3) is 0 Å². The lowest BCUT2D eigenvalue weighted by atomic mass is 9.94. The van der Waals surface area contributed by atoms with E-state index in [1.54, 1.807) is 0 Å². The second-order valence-corrected chi connectivity index (χ2v) is 5.32. The van der Waals surface area contributed by atoms with Crippen LogP contribution in [0.2, 0.25) is 0 Å². The van der Waals surface area contributed by atoms with Gasteiger partial charge in [0, 0.05) is 45.1 Å². The minimum absolute atomic E-state index is 0.0145. The van der Waals surface area contributed by atoms with Crippen molar-refractivity contribution in [3.8, 4) is 0 Å². The molecule has 1 saturated carbocycles. The van der Waals surface area contributed by atoms with Crippen LogP contribution < -0.4 is 11.1 Å². The molecule has 0 aromatic rings. The van der Waals surface area contributed by atoms with E-state index in [1.165, 1.54) is 0 Å². The number of hydrogen-bond donors (Lipinski definition) is 3. The predicted octanol–water partition coefficient (Wildman–Crippen LogP) is -0.229. The van der Waals surface area contributed by atoms with E-state index < -0.39 is 5.60 Å². The molecule has 5 heteroatoms. The van der Waals surface area contributed by atoms with Crippen molar-refractivity contribution in [3.05, 3.63) is 0 Å². The maximum Gasteiger partial charge on any atom is 0.221 e. The number of ether oxygens (including phenoxy) is 1. The molecule has 0 spiro atoms. The first kappa shape index (κ1) is 12.8. The summed E-state index contributed by atoms with van der Waals surface area (Å²) >= 11 is 0. The third-order valence-electron chi connectivity index (χ3n) is 3.69. The predicted molar refractivity (Wildman–Crippen MR) is 63.3 cm³/mol. The largest absolute Gasteiger partial charge is 0.388 e. The van der Waals surface area contributed by atoms with Gasteiger partial charge in [0.2, 0.25) is 5.91 Å². The van der Waals surface area contributed by atoms with Crippen molar-refractivity contribution in [2.75, 3.05) is 19.8 Å². The quantitative estimate of drug-likeness (QED) is 0.622. The van der Waals surface area contributed by atoms with E-state index in [9.17, 15) is 9.90 Å². The second kappa shape index (κ2) is 5.33. The number of carbonyl (C=O) groups is 1. The molecule has 1 atom stereocenters. The lowest BCUT2D eigenvalue weighted by molar-refractivity contribution is -0.124. The molecule has 0 radical (unpaired) electrons. The van der Waals surface area contributed by atoms with Gasteiger partial charge >= 0.3 is 0 Å². The molecule has 0 aromatic carbocycles. The monoisotopic (exact) mass is 242 g/mol. The molecule has 2 aliphatic rings. The Morgan fingerprint density at radius 3 is 2.71 bits per heavy atom. The third-order valence-corrected chi connectivity index (χ3v) is 3.69. The number of hydrogen-bond acceptors (Lipinski definition) is 4. The molecule has 1 unspecified atom stereocenters. The van der Waals surface area contributed by atoms with Crippen LogP contribution in [0, 0.1) is 5.92 Å². The Kier molecular flexibility index (Phi) is 4.01. The summed E-state index contributed by atoms with van der Waals surface area (Å²) < 4.78 is 5.18. The van der Waals surface area contributed by atoms with E-state index in [0.29, 0.717) is 44.9 Å². The first-order valence-electron chi connectivity index (χ1n) is 6.41. The molecule has 4 N–H and O–H groups in total. The molecule has 1 heterocycles. The van der Waals surface area contributed by atoms with E-state index >= 15 is 0 Å². The fraction of sp³-hybridized carbons (Fsp3) is 0.917. The van der Waals surface area contributed by atoms with E-state index in [2.05, 4.69) is 5.32 Å². The van der Waals surface area contributed by atoms with E-state index in [4.69, 9.17) is 10.5 Å². The average molecular weight is 242 g/mol. The molecule has 5 nitrogen and oxygen atoms in total. The molecular formula is C12H22N2O3. The Morgan fingerprint density at radius 1 is 1.47 bits per heavy atom. The minimum Gasteiger partial charge on any atom is -0.388 e. The Morgan fingerprint density at radius 2 is 2.12 bits per heavy atom. The number of nitrogens with one attached hydrogen (secondary N) is 1. The number of aliphatic hydroxyl groups is 1. The van der Waals surface area contributed by atoms with Crippen molar-refractivity contribution in [2.24, 2.45) is 11.7 Å². The minimum atomic E-state index is -0.794. The van der Waals surface area contributed by atoms with Gasteiger partial charge < -0.3 is 20.9 Å². The fourth-order valence-corrected chi connectivity index (χ4v) is 2.17. The molecule has 0 aromatic heterocycles. The highest BCUT2D eigenvalue weighted by atomic mass is 16.5. The zero-order chi connectivity index (χ0) is 12.3. The number of rotatable bonds is 5.